The van der Waals surface area contributed by atoms with Gasteiger partial charge in [0.05, 0.1) is 23.2 Å². The number of thiazole rings is 1. The lowest BCUT2D eigenvalue weighted by molar-refractivity contribution is -0.185. The lowest BCUT2D eigenvalue weighted by Crippen LogP contribution is -2.43. The van der Waals surface area contributed by atoms with Gasteiger partial charge in [-0.2, -0.15) is 23.3 Å². The molecule has 11 heteroatoms. The van der Waals surface area contributed by atoms with Crippen LogP contribution >= 0.6 is 11.3 Å². The predicted molar refractivity (Wildman–Crippen MR) is 107 cm³/mol. The van der Waals surface area contributed by atoms with E-state index in [-0.39, 0.29) is 13.1 Å². The molecule has 0 aliphatic carbocycles. The Hall–Kier alpha value is -2.82. The SMILES string of the molecule is COc1ccc(-n2nc(C)c3sc(N4CCCN(C(=O)C(F)(F)F)CC4)nc32)cc1. The van der Waals surface area contributed by atoms with Crippen LogP contribution in [0.2, 0.25) is 0 Å². The van der Waals surface area contributed by atoms with E-state index in [1.807, 2.05) is 36.1 Å². The van der Waals surface area contributed by atoms with Crippen LogP contribution in [0, 0.1) is 6.92 Å². The normalized spacial score (nSPS) is 15.5. The molecule has 7 nitrogen and oxygen atoms in total. The highest BCUT2D eigenvalue weighted by Crippen LogP contribution is 2.33. The van der Waals surface area contributed by atoms with Crippen molar-refractivity contribution in [2.24, 2.45) is 0 Å². The summed E-state index contributed by atoms with van der Waals surface area (Å²) in [6.07, 6.45) is -4.40. The molecule has 1 aliphatic heterocycles. The third-order valence-electron chi connectivity index (χ3n) is 4.99. The quantitative estimate of drug-likeness (QED) is 0.626. The number of nitrogens with zero attached hydrogens (tertiary/aromatic N) is 5. The summed E-state index contributed by atoms with van der Waals surface area (Å²) in [7, 11) is 1.60. The number of aromatic nitrogens is 3. The van der Waals surface area contributed by atoms with Gasteiger partial charge < -0.3 is 14.5 Å². The van der Waals surface area contributed by atoms with Gasteiger partial charge in [0.15, 0.2) is 10.8 Å². The van der Waals surface area contributed by atoms with E-state index in [2.05, 4.69) is 5.10 Å². The summed E-state index contributed by atoms with van der Waals surface area (Å²) in [6.45, 7) is 2.83. The molecule has 1 fully saturated rings. The number of aryl methyl sites for hydroxylation is 1. The second-order valence-corrected chi connectivity index (χ2v) is 7.95. The molecule has 2 aromatic heterocycles. The van der Waals surface area contributed by atoms with Crippen LogP contribution in [-0.4, -0.2) is 65.0 Å². The zero-order valence-electron chi connectivity index (χ0n) is 16.4. The number of carbonyl (C=O) groups excluding carboxylic acids is 1. The fraction of sp³-hybridized carbons (Fsp3) is 0.421. The summed E-state index contributed by atoms with van der Waals surface area (Å²) in [4.78, 5) is 19.1. The number of rotatable bonds is 3. The Kier molecular flexibility index (Phi) is 5.31. The Balaban J connectivity index is 1.59. The molecule has 1 aromatic carbocycles. The van der Waals surface area contributed by atoms with Gasteiger partial charge in [0.25, 0.3) is 0 Å². The van der Waals surface area contributed by atoms with Gasteiger partial charge in [-0.25, -0.2) is 4.68 Å². The molecule has 1 amide bonds. The molecule has 4 rings (SSSR count). The van der Waals surface area contributed by atoms with Gasteiger partial charge in [0, 0.05) is 26.2 Å². The minimum atomic E-state index is -4.84. The van der Waals surface area contributed by atoms with E-state index in [1.54, 1.807) is 11.8 Å². The minimum Gasteiger partial charge on any atom is -0.497 e. The lowest BCUT2D eigenvalue weighted by Gasteiger charge is -2.22. The number of carbonyl (C=O) groups is 1. The topological polar surface area (TPSA) is 63.5 Å². The first-order valence-corrected chi connectivity index (χ1v) is 10.2. The molecule has 1 aliphatic rings. The van der Waals surface area contributed by atoms with Crippen LogP contribution in [0.25, 0.3) is 16.0 Å². The van der Waals surface area contributed by atoms with Crippen LogP contribution in [0.15, 0.2) is 24.3 Å². The fourth-order valence-electron chi connectivity index (χ4n) is 3.45. The monoisotopic (exact) mass is 439 g/mol. The number of amides is 1. The van der Waals surface area contributed by atoms with Crippen molar-refractivity contribution in [3.05, 3.63) is 30.0 Å². The first-order valence-electron chi connectivity index (χ1n) is 9.39. The van der Waals surface area contributed by atoms with E-state index in [4.69, 9.17) is 9.72 Å². The second-order valence-electron chi connectivity index (χ2n) is 6.97. The van der Waals surface area contributed by atoms with Crippen molar-refractivity contribution in [2.75, 3.05) is 38.2 Å². The average molecular weight is 439 g/mol. The molecule has 0 bridgehead atoms. The van der Waals surface area contributed by atoms with Gasteiger partial charge in [-0.3, -0.25) is 4.79 Å². The maximum atomic E-state index is 12.7. The van der Waals surface area contributed by atoms with E-state index < -0.39 is 12.1 Å². The lowest BCUT2D eigenvalue weighted by atomic mass is 10.3. The van der Waals surface area contributed by atoms with Crippen LogP contribution in [0.4, 0.5) is 18.3 Å². The van der Waals surface area contributed by atoms with E-state index in [0.29, 0.717) is 30.3 Å². The average Bonchev–Trinajstić information content (AvgIpc) is 3.18. The summed E-state index contributed by atoms with van der Waals surface area (Å²) in [5.74, 6) is -1.04. The zero-order valence-corrected chi connectivity index (χ0v) is 17.3. The zero-order chi connectivity index (χ0) is 21.5. The van der Waals surface area contributed by atoms with Crippen molar-refractivity contribution < 1.29 is 22.7 Å². The maximum Gasteiger partial charge on any atom is 0.471 e. The van der Waals surface area contributed by atoms with E-state index in [0.717, 1.165) is 26.7 Å². The number of alkyl halides is 3. The molecule has 30 heavy (non-hydrogen) atoms. The van der Waals surface area contributed by atoms with Crippen molar-refractivity contribution in [3.63, 3.8) is 0 Å². The number of hydrogen-bond donors (Lipinski definition) is 0. The van der Waals surface area contributed by atoms with Crippen LogP contribution in [0.3, 0.4) is 0 Å². The molecule has 0 radical (unpaired) electrons. The highest BCUT2D eigenvalue weighted by Gasteiger charge is 2.42. The second kappa shape index (κ2) is 7.78. The highest BCUT2D eigenvalue weighted by atomic mass is 32.1. The van der Waals surface area contributed by atoms with Gasteiger partial charge >= 0.3 is 12.1 Å². The summed E-state index contributed by atoms with van der Waals surface area (Å²) in [5.41, 5.74) is 2.36. The predicted octanol–water partition coefficient (Wildman–Crippen LogP) is 3.40. The van der Waals surface area contributed by atoms with Crippen LogP contribution in [0.5, 0.6) is 5.75 Å². The fourth-order valence-corrected chi connectivity index (χ4v) is 4.49. The number of fused-ring (bicyclic) bond motifs is 1. The molecule has 0 unspecified atom stereocenters. The van der Waals surface area contributed by atoms with E-state index in [1.165, 1.54) is 11.3 Å². The molecule has 3 heterocycles. The summed E-state index contributed by atoms with van der Waals surface area (Å²) >= 11 is 1.46. The Morgan fingerprint density at radius 3 is 2.53 bits per heavy atom. The highest BCUT2D eigenvalue weighted by molar-refractivity contribution is 7.22. The van der Waals surface area contributed by atoms with Crippen LogP contribution in [0.1, 0.15) is 12.1 Å². The molecular formula is C19H20F3N5O2S. The standard InChI is InChI=1S/C19H20F3N5O2S/c1-12-15-16(27(24-12)13-4-6-14(29-2)7-5-13)23-18(30-15)26-9-3-8-25(10-11-26)17(28)19(20,21)22/h4-7H,3,8-11H2,1-2H3. The Bertz CT molecular complexity index is 1060. The number of halogens is 3. The molecular weight excluding hydrogens is 419 g/mol. The maximum absolute atomic E-state index is 12.7. The van der Waals surface area contributed by atoms with Crippen LogP contribution < -0.4 is 9.64 Å². The number of methoxy groups -OCH3 is 1. The summed E-state index contributed by atoms with van der Waals surface area (Å²) in [5, 5.41) is 5.29. The number of hydrogen-bond acceptors (Lipinski definition) is 6. The molecule has 1 saturated heterocycles. The van der Waals surface area contributed by atoms with Gasteiger partial charge in [-0.05, 0) is 37.6 Å². The smallest absolute Gasteiger partial charge is 0.471 e. The first kappa shape index (κ1) is 20.5. The largest absolute Gasteiger partial charge is 0.497 e. The van der Waals surface area contributed by atoms with Crippen molar-refractivity contribution in [2.45, 2.75) is 19.5 Å². The van der Waals surface area contributed by atoms with Crippen molar-refractivity contribution >= 4 is 32.7 Å². The molecule has 3 aromatic rings. The molecule has 0 saturated carbocycles. The third kappa shape index (κ3) is 3.81. The Morgan fingerprint density at radius 1 is 1.13 bits per heavy atom. The minimum absolute atomic E-state index is 0.0118. The number of ether oxygens (including phenoxy) is 1. The van der Waals surface area contributed by atoms with Crippen molar-refractivity contribution in [1.29, 1.82) is 0 Å². The van der Waals surface area contributed by atoms with Crippen LogP contribution in [-0.2, 0) is 4.79 Å². The van der Waals surface area contributed by atoms with Gasteiger partial charge in [0.1, 0.15) is 5.75 Å². The number of anilines is 1. The summed E-state index contributed by atoms with van der Waals surface area (Å²) in [6, 6.07) is 7.45. The Labute approximate surface area is 174 Å². The van der Waals surface area contributed by atoms with Crippen molar-refractivity contribution in [3.8, 4) is 11.4 Å². The van der Waals surface area contributed by atoms with Crippen molar-refractivity contribution in [1.82, 2.24) is 19.7 Å². The number of benzene rings is 1. The van der Waals surface area contributed by atoms with E-state index >= 15 is 0 Å². The summed E-state index contributed by atoms with van der Waals surface area (Å²) < 4.78 is 46.1. The van der Waals surface area contributed by atoms with Gasteiger partial charge in [0.2, 0.25) is 0 Å². The van der Waals surface area contributed by atoms with Gasteiger partial charge in [-0.1, -0.05) is 11.3 Å². The Morgan fingerprint density at radius 2 is 1.87 bits per heavy atom. The third-order valence-corrected chi connectivity index (χ3v) is 6.20. The molecule has 0 atom stereocenters. The molecule has 0 spiro atoms. The van der Waals surface area contributed by atoms with Gasteiger partial charge in [-0.15, -0.1) is 0 Å². The first-order chi connectivity index (χ1) is 14.3. The van der Waals surface area contributed by atoms with E-state index in [9.17, 15) is 18.0 Å². The molecule has 160 valence electrons. The molecule has 0 N–H and O–H groups in total.